The quantitative estimate of drug-likeness (QED) is 0.782. The Bertz CT molecular complexity index is 685. The largest absolute Gasteiger partial charge is 0.328 e. The minimum atomic E-state index is 0.117. The Kier molecular flexibility index (Phi) is 3.85. The van der Waals surface area contributed by atoms with Crippen LogP contribution in [-0.4, -0.2) is 15.6 Å². The van der Waals surface area contributed by atoms with Crippen molar-refractivity contribution in [2.24, 2.45) is 5.73 Å². The fourth-order valence-corrected chi connectivity index (χ4v) is 3.33. The zero-order valence-corrected chi connectivity index (χ0v) is 12.4. The topological polar surface area (TPSA) is 43.8 Å². The molecule has 0 fully saturated rings. The molecule has 20 heavy (non-hydrogen) atoms. The predicted octanol–water partition coefficient (Wildman–Crippen LogP) is 3.23. The maximum atomic E-state index is 6.29. The van der Waals surface area contributed by atoms with Gasteiger partial charge in [-0.05, 0) is 47.9 Å². The Balaban J connectivity index is 1.83. The van der Waals surface area contributed by atoms with Gasteiger partial charge in [0.1, 0.15) is 5.82 Å². The van der Waals surface area contributed by atoms with Crippen molar-refractivity contribution < 1.29 is 0 Å². The Hall–Kier alpha value is -1.65. The number of hydrogen-bond donors (Lipinski definition) is 1. The molecule has 1 atom stereocenters. The van der Waals surface area contributed by atoms with Crippen LogP contribution in [0.15, 0.2) is 41.1 Å². The van der Waals surface area contributed by atoms with Crippen LogP contribution >= 0.6 is 11.3 Å². The third-order valence-corrected chi connectivity index (χ3v) is 4.30. The van der Waals surface area contributed by atoms with Crippen molar-refractivity contribution in [3.63, 3.8) is 0 Å². The van der Waals surface area contributed by atoms with Crippen molar-refractivity contribution >= 4 is 22.4 Å². The molecule has 0 spiro atoms. The highest BCUT2D eigenvalue weighted by atomic mass is 32.1. The lowest BCUT2D eigenvalue weighted by Crippen LogP contribution is -2.27. The van der Waals surface area contributed by atoms with Crippen molar-refractivity contribution in [3.8, 4) is 0 Å². The number of para-hydroxylation sites is 2. The van der Waals surface area contributed by atoms with Crippen molar-refractivity contribution in [1.29, 1.82) is 0 Å². The van der Waals surface area contributed by atoms with Crippen LogP contribution in [0, 0.1) is 0 Å². The molecule has 3 aromatic rings. The smallest absolute Gasteiger partial charge is 0.111 e. The van der Waals surface area contributed by atoms with Gasteiger partial charge in [0.2, 0.25) is 0 Å². The monoisotopic (exact) mass is 285 g/mol. The number of imidazole rings is 1. The molecule has 0 saturated carbocycles. The summed E-state index contributed by atoms with van der Waals surface area (Å²) in [6.07, 6.45) is 1.73. The van der Waals surface area contributed by atoms with Crippen LogP contribution in [-0.2, 0) is 19.4 Å². The second-order valence-electron chi connectivity index (χ2n) is 5.06. The van der Waals surface area contributed by atoms with Crippen LogP contribution in [0.25, 0.3) is 11.0 Å². The number of nitrogens with zero attached hydrogens (tertiary/aromatic N) is 2. The van der Waals surface area contributed by atoms with Gasteiger partial charge in [0.05, 0.1) is 11.0 Å². The number of aryl methyl sites for hydroxylation is 1. The van der Waals surface area contributed by atoms with Gasteiger partial charge in [-0.1, -0.05) is 12.1 Å². The van der Waals surface area contributed by atoms with E-state index in [0.717, 1.165) is 30.7 Å². The lowest BCUT2D eigenvalue weighted by molar-refractivity contribution is 0.609. The van der Waals surface area contributed by atoms with Crippen molar-refractivity contribution in [2.45, 2.75) is 32.4 Å². The molecule has 2 aromatic heterocycles. The summed E-state index contributed by atoms with van der Waals surface area (Å²) in [5.74, 6) is 1.09. The average Bonchev–Trinajstić information content (AvgIpc) is 3.05. The second-order valence-corrected chi connectivity index (χ2v) is 5.84. The summed E-state index contributed by atoms with van der Waals surface area (Å²) >= 11 is 1.72. The van der Waals surface area contributed by atoms with Crippen molar-refractivity contribution in [2.75, 3.05) is 0 Å². The Labute approximate surface area is 123 Å². The standard InChI is InChI=1S/C16H19N3S/c1-2-19-15-6-4-3-5-14(15)18-16(19)10-13(17)9-12-7-8-20-11-12/h3-8,11,13H,2,9-10,17H2,1H3. The third-order valence-electron chi connectivity index (χ3n) is 3.57. The Morgan fingerprint density at radius 2 is 2.10 bits per heavy atom. The molecular formula is C16H19N3S. The maximum absolute atomic E-state index is 6.29. The summed E-state index contributed by atoms with van der Waals surface area (Å²) in [5.41, 5.74) is 9.88. The average molecular weight is 285 g/mol. The van der Waals surface area contributed by atoms with E-state index in [1.54, 1.807) is 11.3 Å². The predicted molar refractivity (Wildman–Crippen MR) is 85.1 cm³/mol. The molecular weight excluding hydrogens is 266 g/mol. The normalized spacial score (nSPS) is 12.9. The van der Waals surface area contributed by atoms with Gasteiger partial charge in [-0.25, -0.2) is 4.98 Å². The van der Waals surface area contributed by atoms with E-state index in [9.17, 15) is 0 Å². The number of thiophene rings is 1. The highest BCUT2D eigenvalue weighted by Crippen LogP contribution is 2.18. The molecule has 3 rings (SSSR count). The summed E-state index contributed by atoms with van der Waals surface area (Å²) in [7, 11) is 0. The maximum Gasteiger partial charge on any atom is 0.111 e. The van der Waals surface area contributed by atoms with Crippen LogP contribution in [0.5, 0.6) is 0 Å². The molecule has 3 nitrogen and oxygen atoms in total. The molecule has 0 aliphatic rings. The van der Waals surface area contributed by atoms with Gasteiger partial charge in [0.15, 0.2) is 0 Å². The van der Waals surface area contributed by atoms with Crippen LogP contribution < -0.4 is 5.73 Å². The van der Waals surface area contributed by atoms with Gasteiger partial charge in [0.25, 0.3) is 0 Å². The van der Waals surface area contributed by atoms with Gasteiger partial charge in [-0.3, -0.25) is 0 Å². The molecule has 0 bridgehead atoms. The molecule has 2 N–H and O–H groups in total. The van der Waals surface area contributed by atoms with E-state index >= 15 is 0 Å². The molecule has 1 aromatic carbocycles. The van der Waals surface area contributed by atoms with Gasteiger partial charge in [0, 0.05) is 19.0 Å². The lowest BCUT2D eigenvalue weighted by atomic mass is 10.1. The first-order valence-electron chi connectivity index (χ1n) is 6.98. The molecule has 0 aliphatic heterocycles. The third kappa shape index (κ3) is 2.62. The summed E-state index contributed by atoms with van der Waals surface area (Å²) < 4.78 is 2.27. The van der Waals surface area contributed by atoms with Crippen LogP contribution in [0.3, 0.4) is 0 Å². The van der Waals surface area contributed by atoms with Gasteiger partial charge in [-0.2, -0.15) is 11.3 Å². The van der Waals surface area contributed by atoms with E-state index < -0.39 is 0 Å². The van der Waals surface area contributed by atoms with E-state index in [1.165, 1.54) is 11.1 Å². The Morgan fingerprint density at radius 1 is 1.25 bits per heavy atom. The van der Waals surface area contributed by atoms with Crippen molar-refractivity contribution in [3.05, 3.63) is 52.5 Å². The summed E-state index contributed by atoms with van der Waals surface area (Å²) in [5, 5.41) is 4.27. The fourth-order valence-electron chi connectivity index (χ4n) is 2.65. The molecule has 104 valence electrons. The molecule has 4 heteroatoms. The first-order valence-corrected chi connectivity index (χ1v) is 7.93. The molecule has 0 radical (unpaired) electrons. The highest BCUT2D eigenvalue weighted by Gasteiger charge is 2.13. The van der Waals surface area contributed by atoms with Crippen molar-refractivity contribution in [1.82, 2.24) is 9.55 Å². The van der Waals surface area contributed by atoms with E-state index in [0.29, 0.717) is 0 Å². The molecule has 0 amide bonds. The molecule has 0 aliphatic carbocycles. The first-order chi connectivity index (χ1) is 9.78. The summed E-state index contributed by atoms with van der Waals surface area (Å²) in [6.45, 7) is 3.09. The minimum Gasteiger partial charge on any atom is -0.328 e. The summed E-state index contributed by atoms with van der Waals surface area (Å²) in [4.78, 5) is 4.74. The van der Waals surface area contributed by atoms with Crippen LogP contribution in [0.4, 0.5) is 0 Å². The molecule has 1 unspecified atom stereocenters. The van der Waals surface area contributed by atoms with Gasteiger partial charge >= 0.3 is 0 Å². The molecule has 2 heterocycles. The molecule has 0 saturated heterocycles. The number of benzene rings is 1. The number of fused-ring (bicyclic) bond motifs is 1. The van der Waals surface area contributed by atoms with E-state index in [2.05, 4.69) is 46.5 Å². The SMILES string of the molecule is CCn1c(CC(N)Cc2ccsc2)nc2ccccc21. The zero-order chi connectivity index (χ0) is 13.9. The van der Waals surface area contributed by atoms with E-state index in [1.807, 2.05) is 6.07 Å². The summed E-state index contributed by atoms with van der Waals surface area (Å²) in [6, 6.07) is 10.5. The Morgan fingerprint density at radius 3 is 2.85 bits per heavy atom. The van der Waals surface area contributed by atoms with Gasteiger partial charge in [-0.15, -0.1) is 0 Å². The van der Waals surface area contributed by atoms with Crippen LogP contribution in [0.2, 0.25) is 0 Å². The fraction of sp³-hybridized carbons (Fsp3) is 0.312. The lowest BCUT2D eigenvalue weighted by Gasteiger charge is -2.12. The zero-order valence-electron chi connectivity index (χ0n) is 11.6. The van der Waals surface area contributed by atoms with Gasteiger partial charge < -0.3 is 10.3 Å². The number of hydrogen-bond acceptors (Lipinski definition) is 3. The number of rotatable bonds is 5. The number of aromatic nitrogens is 2. The van der Waals surface area contributed by atoms with Crippen LogP contribution in [0.1, 0.15) is 18.3 Å². The highest BCUT2D eigenvalue weighted by molar-refractivity contribution is 7.07. The minimum absolute atomic E-state index is 0.117. The van der Waals surface area contributed by atoms with E-state index in [-0.39, 0.29) is 6.04 Å². The number of nitrogens with two attached hydrogens (primary N) is 1. The van der Waals surface area contributed by atoms with E-state index in [4.69, 9.17) is 10.7 Å². The second kappa shape index (κ2) is 5.77. The first kappa shape index (κ1) is 13.3.